The van der Waals surface area contributed by atoms with Gasteiger partial charge >= 0.3 is 0 Å². The van der Waals surface area contributed by atoms with E-state index in [0.717, 1.165) is 49.5 Å². The standard InChI is InChI=1S/C24H32ClN5O3S/c25-20-5-1-19-16-22(8-4-18(19)15-20)34(32,33)30-13-11-29(12-14-30)23(31)17-2-6-21(7-3-17)28-24-26-9-10-27-24/h1,4-5,8,15-17,21,24,26-28H,2-3,6-7,9-14H2. The summed E-state index contributed by atoms with van der Waals surface area (Å²) in [5.74, 6) is 0.216. The van der Waals surface area contributed by atoms with E-state index in [9.17, 15) is 13.2 Å². The summed E-state index contributed by atoms with van der Waals surface area (Å²) in [6, 6.07) is 11.0. The first-order valence-electron chi connectivity index (χ1n) is 12.1. The topological polar surface area (TPSA) is 93.8 Å². The van der Waals surface area contributed by atoms with Crippen LogP contribution in [0.5, 0.6) is 0 Å². The summed E-state index contributed by atoms with van der Waals surface area (Å²) >= 11 is 6.04. The van der Waals surface area contributed by atoms with Gasteiger partial charge in [0.2, 0.25) is 15.9 Å². The van der Waals surface area contributed by atoms with E-state index < -0.39 is 10.0 Å². The Morgan fingerprint density at radius 1 is 0.912 bits per heavy atom. The van der Waals surface area contributed by atoms with Crippen molar-refractivity contribution in [2.45, 2.75) is 42.9 Å². The first kappa shape index (κ1) is 24.0. The van der Waals surface area contributed by atoms with Crippen molar-refractivity contribution in [3.63, 3.8) is 0 Å². The van der Waals surface area contributed by atoms with Gasteiger partial charge in [0.25, 0.3) is 0 Å². The highest BCUT2D eigenvalue weighted by molar-refractivity contribution is 7.89. The summed E-state index contributed by atoms with van der Waals surface area (Å²) in [6.07, 6.45) is 3.90. The first-order valence-corrected chi connectivity index (χ1v) is 13.9. The van der Waals surface area contributed by atoms with Crippen molar-refractivity contribution in [3.8, 4) is 0 Å². The number of piperazine rings is 1. The Kier molecular flexibility index (Phi) is 7.11. The molecule has 0 radical (unpaired) electrons. The van der Waals surface area contributed by atoms with Crippen LogP contribution in [-0.2, 0) is 14.8 Å². The number of hydrogen-bond acceptors (Lipinski definition) is 6. The van der Waals surface area contributed by atoms with Crippen LogP contribution in [0.1, 0.15) is 25.7 Å². The van der Waals surface area contributed by atoms with Crippen molar-refractivity contribution in [3.05, 3.63) is 41.4 Å². The number of sulfonamides is 1. The first-order chi connectivity index (χ1) is 16.4. The van der Waals surface area contributed by atoms with Crippen LogP contribution in [0, 0.1) is 5.92 Å². The summed E-state index contributed by atoms with van der Waals surface area (Å²) in [7, 11) is -3.61. The molecular formula is C24H32ClN5O3S. The number of nitrogens with one attached hydrogen (secondary N) is 3. The van der Waals surface area contributed by atoms with E-state index >= 15 is 0 Å². The number of amides is 1. The molecule has 3 fully saturated rings. The molecule has 2 aliphatic heterocycles. The van der Waals surface area contributed by atoms with E-state index in [1.165, 1.54) is 4.31 Å². The zero-order chi connectivity index (χ0) is 23.7. The summed E-state index contributed by atoms with van der Waals surface area (Å²) in [4.78, 5) is 15.2. The fraction of sp³-hybridized carbons (Fsp3) is 0.542. The summed E-state index contributed by atoms with van der Waals surface area (Å²) in [5, 5.41) is 12.7. The molecule has 0 spiro atoms. The number of hydrogen-bond donors (Lipinski definition) is 3. The van der Waals surface area contributed by atoms with E-state index in [0.29, 0.717) is 37.2 Å². The predicted molar refractivity (Wildman–Crippen MR) is 133 cm³/mol. The van der Waals surface area contributed by atoms with Crippen molar-refractivity contribution < 1.29 is 13.2 Å². The van der Waals surface area contributed by atoms with Gasteiger partial charge in [-0.15, -0.1) is 0 Å². The monoisotopic (exact) mass is 505 g/mol. The number of nitrogens with zero attached hydrogens (tertiary/aromatic N) is 2. The molecule has 8 nitrogen and oxygen atoms in total. The minimum absolute atomic E-state index is 0.0398. The lowest BCUT2D eigenvalue weighted by molar-refractivity contribution is -0.137. The largest absolute Gasteiger partial charge is 0.340 e. The Morgan fingerprint density at radius 2 is 1.56 bits per heavy atom. The fourth-order valence-electron chi connectivity index (χ4n) is 5.28. The highest BCUT2D eigenvalue weighted by Crippen LogP contribution is 2.28. The van der Waals surface area contributed by atoms with Gasteiger partial charge in [0.15, 0.2) is 0 Å². The maximum absolute atomic E-state index is 13.2. The van der Waals surface area contributed by atoms with E-state index in [1.54, 1.807) is 24.3 Å². The minimum atomic E-state index is -3.61. The maximum atomic E-state index is 13.2. The van der Waals surface area contributed by atoms with Gasteiger partial charge < -0.3 is 4.90 Å². The molecule has 2 aromatic carbocycles. The molecule has 0 bridgehead atoms. The quantitative estimate of drug-likeness (QED) is 0.575. The fourth-order valence-corrected chi connectivity index (χ4v) is 6.92. The van der Waals surface area contributed by atoms with E-state index in [2.05, 4.69) is 16.0 Å². The van der Waals surface area contributed by atoms with Crippen molar-refractivity contribution in [2.24, 2.45) is 5.92 Å². The predicted octanol–water partition coefficient (Wildman–Crippen LogP) is 1.95. The molecule has 3 aliphatic rings. The molecule has 2 heterocycles. The maximum Gasteiger partial charge on any atom is 0.243 e. The molecule has 1 saturated carbocycles. The Labute approximate surface area is 206 Å². The van der Waals surface area contributed by atoms with Crippen LogP contribution >= 0.6 is 11.6 Å². The van der Waals surface area contributed by atoms with E-state index in [-0.39, 0.29) is 23.0 Å². The van der Waals surface area contributed by atoms with Crippen molar-refractivity contribution >= 4 is 38.3 Å². The third kappa shape index (κ3) is 5.10. The molecule has 1 aliphatic carbocycles. The third-order valence-corrected chi connectivity index (χ3v) is 9.39. The molecule has 184 valence electrons. The second kappa shape index (κ2) is 10.1. The normalized spacial score (nSPS) is 25.1. The Balaban J connectivity index is 1.15. The van der Waals surface area contributed by atoms with Gasteiger partial charge in [0.1, 0.15) is 6.29 Å². The van der Waals surface area contributed by atoms with Crippen LogP contribution in [0.15, 0.2) is 41.3 Å². The second-order valence-electron chi connectivity index (χ2n) is 9.44. The molecule has 2 saturated heterocycles. The molecule has 0 aromatic heterocycles. The zero-order valence-electron chi connectivity index (χ0n) is 19.2. The van der Waals surface area contributed by atoms with Gasteiger partial charge in [-0.3, -0.25) is 20.7 Å². The molecular weight excluding hydrogens is 474 g/mol. The molecule has 1 amide bonds. The molecule has 0 atom stereocenters. The van der Waals surface area contributed by atoms with Crippen molar-refractivity contribution in [2.75, 3.05) is 39.3 Å². The van der Waals surface area contributed by atoms with Crippen LogP contribution in [-0.4, -0.2) is 75.1 Å². The SMILES string of the molecule is O=C(C1CCC(NC2NCCN2)CC1)N1CCN(S(=O)(=O)c2ccc3cc(Cl)ccc3c2)CC1. The zero-order valence-corrected chi connectivity index (χ0v) is 20.7. The average Bonchev–Trinajstić information content (AvgIpc) is 3.37. The van der Waals surface area contributed by atoms with Gasteiger partial charge in [-0.2, -0.15) is 4.31 Å². The number of halogens is 1. The number of fused-ring (bicyclic) bond motifs is 1. The van der Waals surface area contributed by atoms with Crippen LogP contribution in [0.2, 0.25) is 5.02 Å². The van der Waals surface area contributed by atoms with Crippen molar-refractivity contribution in [1.82, 2.24) is 25.2 Å². The van der Waals surface area contributed by atoms with Crippen LogP contribution in [0.4, 0.5) is 0 Å². The molecule has 10 heteroatoms. The van der Waals surface area contributed by atoms with Crippen molar-refractivity contribution in [1.29, 1.82) is 0 Å². The highest BCUT2D eigenvalue weighted by Gasteiger charge is 2.34. The molecule has 0 unspecified atom stereocenters. The molecule has 2 aromatic rings. The molecule has 5 rings (SSSR count). The number of carbonyl (C=O) groups is 1. The third-order valence-electron chi connectivity index (χ3n) is 7.26. The van der Waals surface area contributed by atoms with Gasteiger partial charge in [-0.05, 0) is 60.7 Å². The Bertz CT molecular complexity index is 1140. The highest BCUT2D eigenvalue weighted by atomic mass is 35.5. The van der Waals surface area contributed by atoms with Gasteiger partial charge in [-0.25, -0.2) is 8.42 Å². The lowest BCUT2D eigenvalue weighted by Gasteiger charge is -2.37. The smallest absolute Gasteiger partial charge is 0.243 e. The summed E-state index contributed by atoms with van der Waals surface area (Å²) in [5.41, 5.74) is 0. The summed E-state index contributed by atoms with van der Waals surface area (Å²) < 4.78 is 28.0. The second-order valence-corrected chi connectivity index (χ2v) is 11.8. The molecule has 34 heavy (non-hydrogen) atoms. The number of rotatable bonds is 5. The number of benzene rings is 2. The van der Waals surface area contributed by atoms with E-state index in [1.807, 2.05) is 17.0 Å². The minimum Gasteiger partial charge on any atom is -0.340 e. The van der Waals surface area contributed by atoms with Gasteiger partial charge in [0, 0.05) is 56.3 Å². The van der Waals surface area contributed by atoms with Crippen LogP contribution in [0.3, 0.4) is 0 Å². The van der Waals surface area contributed by atoms with Crippen LogP contribution in [0.25, 0.3) is 10.8 Å². The summed E-state index contributed by atoms with van der Waals surface area (Å²) in [6.45, 7) is 3.47. The Hall–Kier alpha value is -1.75. The lowest BCUT2D eigenvalue weighted by atomic mass is 9.85. The van der Waals surface area contributed by atoms with Gasteiger partial charge in [0.05, 0.1) is 4.90 Å². The number of carbonyl (C=O) groups excluding carboxylic acids is 1. The molecule has 3 N–H and O–H groups in total. The van der Waals surface area contributed by atoms with Gasteiger partial charge in [-0.1, -0.05) is 23.7 Å². The van der Waals surface area contributed by atoms with Crippen LogP contribution < -0.4 is 16.0 Å². The average molecular weight is 506 g/mol. The van der Waals surface area contributed by atoms with E-state index in [4.69, 9.17) is 11.6 Å². The Morgan fingerprint density at radius 3 is 2.26 bits per heavy atom. The lowest BCUT2D eigenvalue weighted by Crippen LogP contribution is -2.53.